The van der Waals surface area contributed by atoms with E-state index in [4.69, 9.17) is 0 Å². The van der Waals surface area contributed by atoms with Gasteiger partial charge in [0.15, 0.2) is 0 Å². The molecule has 0 aromatic heterocycles. The van der Waals surface area contributed by atoms with Crippen LogP contribution in [0.4, 0.5) is 4.39 Å². The van der Waals surface area contributed by atoms with E-state index in [1.165, 1.54) is 13.2 Å². The maximum atomic E-state index is 14.0. The number of hydrogen-bond acceptors (Lipinski definition) is 3. The van der Waals surface area contributed by atoms with Crippen LogP contribution in [0.15, 0.2) is 30.3 Å². The SMILES string of the molecule is COC(=O)c1cc2c(cc1F)CCCc1cc(O)ccc1-2. The van der Waals surface area contributed by atoms with Gasteiger partial charge in [0.2, 0.25) is 0 Å². The van der Waals surface area contributed by atoms with Gasteiger partial charge in [-0.05, 0) is 65.8 Å². The van der Waals surface area contributed by atoms with Gasteiger partial charge in [-0.2, -0.15) is 0 Å². The molecule has 3 rings (SSSR count). The Hall–Kier alpha value is -2.36. The predicted octanol–water partition coefficient (Wildman–Crippen LogP) is 3.47. The summed E-state index contributed by atoms with van der Waals surface area (Å²) in [6.45, 7) is 0. The molecule has 1 N–H and O–H groups in total. The van der Waals surface area contributed by atoms with E-state index in [2.05, 4.69) is 4.74 Å². The Labute approximate surface area is 122 Å². The molecular weight excluding hydrogens is 271 g/mol. The van der Waals surface area contributed by atoms with Crippen LogP contribution in [0.1, 0.15) is 27.9 Å². The molecule has 2 aromatic rings. The molecule has 0 fully saturated rings. The first-order valence-corrected chi connectivity index (χ1v) is 6.83. The van der Waals surface area contributed by atoms with Crippen LogP contribution in [0.2, 0.25) is 0 Å². The highest BCUT2D eigenvalue weighted by molar-refractivity contribution is 5.92. The smallest absolute Gasteiger partial charge is 0.340 e. The Kier molecular flexibility index (Phi) is 3.37. The molecule has 0 unspecified atom stereocenters. The third kappa shape index (κ3) is 2.37. The average Bonchev–Trinajstić information content (AvgIpc) is 2.63. The summed E-state index contributed by atoms with van der Waals surface area (Å²) in [5, 5.41) is 9.62. The first-order chi connectivity index (χ1) is 10.1. The van der Waals surface area contributed by atoms with Gasteiger partial charge in [-0.25, -0.2) is 9.18 Å². The molecule has 0 saturated heterocycles. The number of phenols is 1. The number of phenolic OH excluding ortho intramolecular Hbond substituents is 1. The van der Waals surface area contributed by atoms with E-state index >= 15 is 0 Å². The molecule has 4 heteroatoms. The van der Waals surface area contributed by atoms with Gasteiger partial charge in [-0.3, -0.25) is 0 Å². The summed E-state index contributed by atoms with van der Waals surface area (Å²) < 4.78 is 18.7. The molecular formula is C17H15FO3. The minimum absolute atomic E-state index is 0.0582. The van der Waals surface area contributed by atoms with Crippen molar-refractivity contribution in [2.24, 2.45) is 0 Å². The van der Waals surface area contributed by atoms with Crippen molar-refractivity contribution in [1.82, 2.24) is 0 Å². The maximum absolute atomic E-state index is 14.0. The van der Waals surface area contributed by atoms with Gasteiger partial charge < -0.3 is 9.84 Å². The van der Waals surface area contributed by atoms with Crippen LogP contribution >= 0.6 is 0 Å². The summed E-state index contributed by atoms with van der Waals surface area (Å²) in [6.07, 6.45) is 2.43. The van der Waals surface area contributed by atoms with Crippen LogP contribution in [0.5, 0.6) is 5.75 Å². The van der Waals surface area contributed by atoms with Gasteiger partial charge in [0.05, 0.1) is 12.7 Å². The molecule has 21 heavy (non-hydrogen) atoms. The number of hydrogen-bond donors (Lipinski definition) is 1. The zero-order chi connectivity index (χ0) is 15.0. The molecule has 0 aliphatic heterocycles. The lowest BCUT2D eigenvalue weighted by Crippen LogP contribution is -2.06. The number of halogens is 1. The second kappa shape index (κ2) is 5.20. The van der Waals surface area contributed by atoms with Crippen LogP contribution in [0, 0.1) is 5.82 Å². The lowest BCUT2D eigenvalue weighted by atomic mass is 9.94. The van der Waals surface area contributed by atoms with Crippen molar-refractivity contribution in [2.75, 3.05) is 7.11 Å². The summed E-state index contributed by atoms with van der Waals surface area (Å²) in [5.41, 5.74) is 3.60. The second-order valence-electron chi connectivity index (χ2n) is 5.18. The van der Waals surface area contributed by atoms with E-state index < -0.39 is 11.8 Å². The third-order valence-electron chi connectivity index (χ3n) is 3.87. The normalized spacial score (nSPS) is 13.0. The Morgan fingerprint density at radius 3 is 2.57 bits per heavy atom. The van der Waals surface area contributed by atoms with Crippen molar-refractivity contribution >= 4 is 5.97 Å². The zero-order valence-electron chi connectivity index (χ0n) is 11.6. The first kappa shape index (κ1) is 13.6. The fourth-order valence-corrected chi connectivity index (χ4v) is 2.86. The molecule has 0 saturated carbocycles. The average molecular weight is 286 g/mol. The number of benzene rings is 2. The molecule has 1 aliphatic rings. The summed E-state index contributed by atoms with van der Waals surface area (Å²) in [5.74, 6) is -1.02. The van der Waals surface area contributed by atoms with Gasteiger partial charge >= 0.3 is 5.97 Å². The lowest BCUT2D eigenvalue weighted by molar-refractivity contribution is 0.0595. The summed E-state index contributed by atoms with van der Waals surface area (Å²) in [7, 11) is 1.24. The Morgan fingerprint density at radius 1 is 1.14 bits per heavy atom. The topological polar surface area (TPSA) is 46.5 Å². The monoisotopic (exact) mass is 286 g/mol. The van der Waals surface area contributed by atoms with Crippen LogP contribution < -0.4 is 0 Å². The van der Waals surface area contributed by atoms with E-state index in [0.29, 0.717) is 0 Å². The van der Waals surface area contributed by atoms with Crippen molar-refractivity contribution in [2.45, 2.75) is 19.3 Å². The fourth-order valence-electron chi connectivity index (χ4n) is 2.86. The molecule has 0 heterocycles. The molecule has 0 spiro atoms. The number of carbonyl (C=O) groups is 1. The van der Waals surface area contributed by atoms with Gasteiger partial charge in [0.1, 0.15) is 11.6 Å². The maximum Gasteiger partial charge on any atom is 0.340 e. The van der Waals surface area contributed by atoms with E-state index in [1.54, 1.807) is 18.2 Å². The molecule has 2 aromatic carbocycles. The predicted molar refractivity (Wildman–Crippen MR) is 76.9 cm³/mol. The van der Waals surface area contributed by atoms with Crippen molar-refractivity contribution in [1.29, 1.82) is 0 Å². The highest BCUT2D eigenvalue weighted by atomic mass is 19.1. The second-order valence-corrected chi connectivity index (χ2v) is 5.18. The Balaban J connectivity index is 2.23. The van der Waals surface area contributed by atoms with E-state index in [1.807, 2.05) is 6.07 Å². The summed E-state index contributed by atoms with van der Waals surface area (Å²) in [6, 6.07) is 8.12. The number of esters is 1. The van der Waals surface area contributed by atoms with Crippen molar-refractivity contribution < 1.29 is 19.0 Å². The molecule has 0 atom stereocenters. The first-order valence-electron chi connectivity index (χ1n) is 6.83. The molecule has 0 bridgehead atoms. The largest absolute Gasteiger partial charge is 0.508 e. The number of rotatable bonds is 1. The Bertz CT molecular complexity index is 722. The standard InChI is InChI=1S/C17H15FO3/c1-21-17(20)15-9-14-11(8-16(15)18)4-2-3-10-7-12(19)5-6-13(10)14/h5-9,19H,2-4H2,1H3. The number of methoxy groups -OCH3 is 1. The molecule has 3 nitrogen and oxygen atoms in total. The summed E-state index contributed by atoms with van der Waals surface area (Å²) >= 11 is 0. The van der Waals surface area contributed by atoms with Crippen molar-refractivity contribution in [3.63, 3.8) is 0 Å². The highest BCUT2D eigenvalue weighted by Gasteiger charge is 2.20. The number of carbonyl (C=O) groups excluding carboxylic acids is 1. The van der Waals surface area contributed by atoms with Gasteiger partial charge in [0.25, 0.3) is 0 Å². The zero-order valence-corrected chi connectivity index (χ0v) is 11.6. The minimum Gasteiger partial charge on any atom is -0.508 e. The van der Waals surface area contributed by atoms with E-state index in [9.17, 15) is 14.3 Å². The molecule has 1 aliphatic carbocycles. The minimum atomic E-state index is -0.681. The van der Waals surface area contributed by atoms with E-state index in [0.717, 1.165) is 41.5 Å². The lowest BCUT2D eigenvalue weighted by Gasteiger charge is -2.12. The molecule has 0 amide bonds. The molecule has 0 radical (unpaired) electrons. The van der Waals surface area contributed by atoms with E-state index in [-0.39, 0.29) is 11.3 Å². The molecule has 108 valence electrons. The van der Waals surface area contributed by atoms with Gasteiger partial charge in [-0.15, -0.1) is 0 Å². The number of ether oxygens (including phenoxy) is 1. The van der Waals surface area contributed by atoms with Gasteiger partial charge in [-0.1, -0.05) is 6.07 Å². The van der Waals surface area contributed by atoms with Crippen LogP contribution in [0.25, 0.3) is 11.1 Å². The quantitative estimate of drug-likeness (QED) is 0.816. The van der Waals surface area contributed by atoms with Crippen LogP contribution in [-0.4, -0.2) is 18.2 Å². The number of aromatic hydroxyl groups is 1. The van der Waals surface area contributed by atoms with Crippen molar-refractivity contribution in [3.05, 3.63) is 52.8 Å². The van der Waals surface area contributed by atoms with Crippen LogP contribution in [0.3, 0.4) is 0 Å². The third-order valence-corrected chi connectivity index (χ3v) is 3.87. The Morgan fingerprint density at radius 2 is 1.86 bits per heavy atom. The van der Waals surface area contributed by atoms with Crippen molar-refractivity contribution in [3.8, 4) is 16.9 Å². The number of fused-ring (bicyclic) bond motifs is 3. The number of aryl methyl sites for hydroxylation is 2. The van der Waals surface area contributed by atoms with Gasteiger partial charge in [0, 0.05) is 0 Å². The fraction of sp³-hybridized carbons (Fsp3) is 0.235. The highest BCUT2D eigenvalue weighted by Crippen LogP contribution is 2.35. The summed E-state index contributed by atoms with van der Waals surface area (Å²) in [4.78, 5) is 11.7. The van der Waals surface area contributed by atoms with Crippen LogP contribution in [-0.2, 0) is 17.6 Å².